The van der Waals surface area contributed by atoms with E-state index in [1.54, 1.807) is 0 Å². The summed E-state index contributed by atoms with van der Waals surface area (Å²) in [5, 5.41) is 3.30. The molecule has 2 atom stereocenters. The minimum absolute atomic E-state index is 0.395. The number of nitrogens with one attached hydrogen (secondary N) is 1. The number of hydrogen-bond donors (Lipinski definition) is 1. The zero-order valence-corrected chi connectivity index (χ0v) is 6.60. The fourth-order valence-electron chi connectivity index (χ4n) is 1.14. The molecule has 0 aromatic rings. The summed E-state index contributed by atoms with van der Waals surface area (Å²) in [7, 11) is 0. The van der Waals surface area contributed by atoms with Crippen LogP contribution in [0.1, 0.15) is 13.3 Å². The van der Waals surface area contributed by atoms with Crippen LogP contribution in [0.3, 0.4) is 0 Å². The van der Waals surface area contributed by atoms with Crippen LogP contribution in [0.5, 0.6) is 0 Å². The van der Waals surface area contributed by atoms with Gasteiger partial charge in [-0.2, -0.15) is 0 Å². The second-order valence-electron chi connectivity index (χ2n) is 2.88. The Morgan fingerprint density at radius 2 is 2.60 bits per heavy atom. The maximum atomic E-state index is 5.53. The number of hydrogen-bond acceptors (Lipinski definition) is 2. The molecule has 0 bridgehead atoms. The van der Waals surface area contributed by atoms with Crippen LogP contribution in [0.2, 0.25) is 0 Å². The summed E-state index contributed by atoms with van der Waals surface area (Å²) in [4.78, 5) is 0. The van der Waals surface area contributed by atoms with E-state index in [9.17, 15) is 0 Å². The lowest BCUT2D eigenvalue weighted by atomic mass is 10.0. The Morgan fingerprint density at radius 3 is 3.10 bits per heavy atom. The van der Waals surface area contributed by atoms with Gasteiger partial charge in [-0.15, -0.1) is 0 Å². The maximum Gasteiger partial charge on any atom is 0.0725 e. The average Bonchev–Trinajstić information content (AvgIpc) is 2.05. The van der Waals surface area contributed by atoms with Gasteiger partial charge in [0, 0.05) is 13.1 Å². The summed E-state index contributed by atoms with van der Waals surface area (Å²) in [6.07, 6.45) is 1.36. The molecule has 1 aliphatic heterocycles. The van der Waals surface area contributed by atoms with E-state index in [0.717, 1.165) is 26.1 Å². The molecule has 0 aromatic heterocycles. The van der Waals surface area contributed by atoms with Gasteiger partial charge in [-0.05, 0) is 12.3 Å². The van der Waals surface area contributed by atoms with Crippen LogP contribution in [0.15, 0.2) is 0 Å². The Kier molecular flexibility index (Phi) is 3.16. The van der Waals surface area contributed by atoms with Crippen molar-refractivity contribution in [1.82, 2.24) is 5.32 Å². The molecular formula is C8H16NO. The van der Waals surface area contributed by atoms with E-state index in [2.05, 4.69) is 19.2 Å². The average molecular weight is 142 g/mol. The van der Waals surface area contributed by atoms with Gasteiger partial charge in [0.15, 0.2) is 0 Å². The van der Waals surface area contributed by atoms with Gasteiger partial charge in [0.1, 0.15) is 0 Å². The van der Waals surface area contributed by atoms with Crippen molar-refractivity contribution in [3.05, 3.63) is 6.92 Å². The van der Waals surface area contributed by atoms with Gasteiger partial charge in [0.2, 0.25) is 0 Å². The number of rotatable bonds is 2. The van der Waals surface area contributed by atoms with E-state index >= 15 is 0 Å². The molecule has 1 N–H and O–H groups in total. The molecule has 1 heterocycles. The molecule has 2 heteroatoms. The Bertz CT molecular complexity index is 89.3. The van der Waals surface area contributed by atoms with E-state index < -0.39 is 0 Å². The fraction of sp³-hybridized carbons (Fsp3) is 0.875. The number of morpholine rings is 1. The third kappa shape index (κ3) is 1.96. The lowest BCUT2D eigenvalue weighted by Crippen LogP contribution is -2.41. The lowest BCUT2D eigenvalue weighted by Gasteiger charge is -2.27. The lowest BCUT2D eigenvalue weighted by molar-refractivity contribution is -0.00360. The molecular weight excluding hydrogens is 126 g/mol. The molecule has 0 aromatic carbocycles. The van der Waals surface area contributed by atoms with E-state index in [0.29, 0.717) is 12.0 Å². The van der Waals surface area contributed by atoms with Gasteiger partial charge in [0.05, 0.1) is 12.7 Å². The predicted molar refractivity (Wildman–Crippen MR) is 41.7 cm³/mol. The predicted octanol–water partition coefficient (Wildman–Crippen LogP) is 0.835. The highest BCUT2D eigenvalue weighted by molar-refractivity contribution is 4.73. The van der Waals surface area contributed by atoms with Crippen LogP contribution >= 0.6 is 0 Å². The third-order valence-corrected chi connectivity index (χ3v) is 2.05. The normalized spacial score (nSPS) is 30.0. The largest absolute Gasteiger partial charge is 0.375 e. The summed E-state index contributed by atoms with van der Waals surface area (Å²) in [5.41, 5.74) is 0. The van der Waals surface area contributed by atoms with Crippen LogP contribution < -0.4 is 5.32 Å². The van der Waals surface area contributed by atoms with Gasteiger partial charge in [0.25, 0.3) is 0 Å². The van der Waals surface area contributed by atoms with Gasteiger partial charge in [-0.3, -0.25) is 0 Å². The van der Waals surface area contributed by atoms with Crippen LogP contribution in [0.25, 0.3) is 0 Å². The summed E-state index contributed by atoms with van der Waals surface area (Å²) < 4.78 is 5.53. The minimum atomic E-state index is 0.395. The number of ether oxygens (including phenoxy) is 1. The van der Waals surface area contributed by atoms with Gasteiger partial charge in [-0.1, -0.05) is 13.8 Å². The summed E-state index contributed by atoms with van der Waals surface area (Å²) in [5.74, 6) is 0.591. The summed E-state index contributed by atoms with van der Waals surface area (Å²) >= 11 is 0. The quantitative estimate of drug-likeness (QED) is 0.616. The first-order valence-electron chi connectivity index (χ1n) is 3.96. The van der Waals surface area contributed by atoms with E-state index in [4.69, 9.17) is 4.74 Å². The Morgan fingerprint density at radius 1 is 1.80 bits per heavy atom. The van der Waals surface area contributed by atoms with E-state index in [1.807, 2.05) is 0 Å². The molecule has 1 saturated heterocycles. The highest BCUT2D eigenvalue weighted by atomic mass is 16.5. The summed E-state index contributed by atoms with van der Waals surface area (Å²) in [6, 6.07) is 0. The van der Waals surface area contributed by atoms with Crippen molar-refractivity contribution < 1.29 is 4.74 Å². The molecule has 10 heavy (non-hydrogen) atoms. The SMILES string of the molecule is [CH2]CC(C)C1CNCCO1. The maximum absolute atomic E-state index is 5.53. The van der Waals surface area contributed by atoms with Crippen molar-refractivity contribution in [2.24, 2.45) is 5.92 Å². The van der Waals surface area contributed by atoms with Crippen LogP contribution in [0, 0.1) is 12.8 Å². The molecule has 0 amide bonds. The van der Waals surface area contributed by atoms with Crippen LogP contribution in [-0.2, 0) is 4.74 Å². The van der Waals surface area contributed by atoms with E-state index in [-0.39, 0.29) is 0 Å². The topological polar surface area (TPSA) is 21.3 Å². The Balaban J connectivity index is 2.24. The third-order valence-electron chi connectivity index (χ3n) is 2.05. The Hall–Kier alpha value is -0.0800. The molecule has 2 nitrogen and oxygen atoms in total. The zero-order chi connectivity index (χ0) is 7.40. The van der Waals surface area contributed by atoms with Gasteiger partial charge in [-0.25, -0.2) is 0 Å². The van der Waals surface area contributed by atoms with Gasteiger partial charge >= 0.3 is 0 Å². The molecule has 1 aliphatic rings. The second-order valence-corrected chi connectivity index (χ2v) is 2.88. The van der Waals surface area contributed by atoms with Crippen LogP contribution in [0.4, 0.5) is 0 Å². The van der Waals surface area contributed by atoms with Crippen molar-refractivity contribution in [3.8, 4) is 0 Å². The molecule has 2 unspecified atom stereocenters. The zero-order valence-electron chi connectivity index (χ0n) is 6.60. The summed E-state index contributed by atoms with van der Waals surface area (Å²) in [6.45, 7) is 8.89. The standard InChI is InChI=1S/C8H16NO/c1-3-7(2)8-6-9-4-5-10-8/h7-9H,1,3-6H2,2H3. The molecule has 0 spiro atoms. The minimum Gasteiger partial charge on any atom is -0.375 e. The first kappa shape index (κ1) is 8.02. The van der Waals surface area contributed by atoms with Crippen molar-refractivity contribution in [3.63, 3.8) is 0 Å². The molecule has 59 valence electrons. The van der Waals surface area contributed by atoms with Crippen LogP contribution in [-0.4, -0.2) is 25.8 Å². The molecule has 1 fully saturated rings. The molecule has 0 aliphatic carbocycles. The fourth-order valence-corrected chi connectivity index (χ4v) is 1.14. The first-order chi connectivity index (χ1) is 4.84. The van der Waals surface area contributed by atoms with Crippen molar-refractivity contribution in [2.45, 2.75) is 19.4 Å². The highest BCUT2D eigenvalue weighted by Gasteiger charge is 2.18. The first-order valence-corrected chi connectivity index (χ1v) is 3.96. The van der Waals surface area contributed by atoms with Crippen molar-refractivity contribution >= 4 is 0 Å². The second kappa shape index (κ2) is 3.94. The monoisotopic (exact) mass is 142 g/mol. The van der Waals surface area contributed by atoms with Crippen molar-refractivity contribution in [1.29, 1.82) is 0 Å². The molecule has 1 rings (SSSR count). The van der Waals surface area contributed by atoms with Gasteiger partial charge < -0.3 is 10.1 Å². The molecule has 0 saturated carbocycles. The smallest absolute Gasteiger partial charge is 0.0725 e. The Labute approximate surface area is 63.0 Å². The van der Waals surface area contributed by atoms with E-state index in [1.165, 1.54) is 0 Å². The van der Waals surface area contributed by atoms with Crippen molar-refractivity contribution in [2.75, 3.05) is 19.7 Å². The molecule has 1 radical (unpaired) electrons. The highest BCUT2D eigenvalue weighted by Crippen LogP contribution is 2.11.